The summed E-state index contributed by atoms with van der Waals surface area (Å²) in [5.74, 6) is -1.76. The number of nitrogens with zero attached hydrogens (tertiary/aromatic N) is 2. The molecule has 2 N–H and O–H groups in total. The van der Waals surface area contributed by atoms with Gasteiger partial charge in [0, 0.05) is 23.8 Å². The van der Waals surface area contributed by atoms with Gasteiger partial charge in [0.2, 0.25) is 5.91 Å². The number of nitrogens with one attached hydrogen (secondary N) is 2. The Hall–Kier alpha value is -2.12. The number of hydrogen-bond donors (Lipinski definition) is 2. The van der Waals surface area contributed by atoms with Gasteiger partial charge >= 0.3 is 11.8 Å². The minimum atomic E-state index is -0.803. The van der Waals surface area contributed by atoms with Gasteiger partial charge in [0.05, 0.1) is 17.1 Å². The van der Waals surface area contributed by atoms with Crippen LogP contribution in [0.1, 0.15) is 26.2 Å². The summed E-state index contributed by atoms with van der Waals surface area (Å²) in [5, 5.41) is 7.20. The van der Waals surface area contributed by atoms with Crippen LogP contribution in [0.4, 0.5) is 5.69 Å². The molecule has 1 heterocycles. The molecule has 0 saturated carbocycles. The molecule has 0 radical (unpaired) electrons. The molecule has 1 aliphatic heterocycles. The maximum atomic E-state index is 12.0. The maximum absolute atomic E-state index is 12.0. The summed E-state index contributed by atoms with van der Waals surface area (Å²) in [7, 11) is 0. The largest absolute Gasteiger partial charge is 0.334 e. The second-order valence-corrected chi connectivity index (χ2v) is 6.48. The lowest BCUT2D eigenvalue weighted by molar-refractivity contribution is -0.145. The molecule has 0 unspecified atom stereocenters. The molecular formula is C16H18Cl2N4O3. The number of halogens is 2. The van der Waals surface area contributed by atoms with E-state index in [1.165, 1.54) is 11.0 Å². The third kappa shape index (κ3) is 5.72. The first-order chi connectivity index (χ1) is 11.9. The fraction of sp³-hybridized carbons (Fsp3) is 0.375. The van der Waals surface area contributed by atoms with Crippen LogP contribution in [-0.4, -0.2) is 41.4 Å². The smallest absolute Gasteiger partial charge is 0.329 e. The van der Waals surface area contributed by atoms with Gasteiger partial charge in [-0.25, -0.2) is 5.43 Å². The van der Waals surface area contributed by atoms with E-state index in [1.54, 1.807) is 19.1 Å². The van der Waals surface area contributed by atoms with Gasteiger partial charge in [0.1, 0.15) is 0 Å². The molecule has 0 aromatic heterocycles. The summed E-state index contributed by atoms with van der Waals surface area (Å²) in [6.45, 7) is 2.74. The lowest BCUT2D eigenvalue weighted by Crippen LogP contribution is -2.40. The molecule has 7 nitrogen and oxygen atoms in total. The van der Waals surface area contributed by atoms with Crippen LogP contribution in [0, 0.1) is 0 Å². The van der Waals surface area contributed by atoms with Crippen LogP contribution >= 0.6 is 23.2 Å². The van der Waals surface area contributed by atoms with Crippen LogP contribution in [-0.2, 0) is 14.4 Å². The molecule has 1 saturated heterocycles. The predicted molar refractivity (Wildman–Crippen MR) is 96.8 cm³/mol. The van der Waals surface area contributed by atoms with Crippen LogP contribution in [0.15, 0.2) is 23.3 Å². The predicted octanol–water partition coefficient (Wildman–Crippen LogP) is 2.44. The highest BCUT2D eigenvalue weighted by molar-refractivity contribution is 6.37. The van der Waals surface area contributed by atoms with E-state index in [2.05, 4.69) is 15.8 Å². The van der Waals surface area contributed by atoms with Gasteiger partial charge in [-0.15, -0.1) is 0 Å². The Morgan fingerprint density at radius 2 is 1.88 bits per heavy atom. The Balaban J connectivity index is 1.84. The van der Waals surface area contributed by atoms with Crippen molar-refractivity contribution in [1.82, 2.24) is 10.3 Å². The topological polar surface area (TPSA) is 90.9 Å². The number of benzene rings is 1. The number of likely N-dealkylation sites (tertiary alicyclic amines) is 1. The monoisotopic (exact) mass is 384 g/mol. The zero-order chi connectivity index (χ0) is 18.4. The van der Waals surface area contributed by atoms with Crippen LogP contribution in [0.25, 0.3) is 0 Å². The van der Waals surface area contributed by atoms with Crippen LogP contribution < -0.4 is 10.7 Å². The number of hydrazone groups is 1. The number of hydrogen-bond acceptors (Lipinski definition) is 4. The van der Waals surface area contributed by atoms with Gasteiger partial charge in [-0.1, -0.05) is 23.2 Å². The fourth-order valence-electron chi connectivity index (χ4n) is 2.31. The fourth-order valence-corrected chi connectivity index (χ4v) is 2.77. The van der Waals surface area contributed by atoms with Crippen molar-refractivity contribution in [2.45, 2.75) is 26.2 Å². The Morgan fingerprint density at radius 3 is 2.52 bits per heavy atom. The molecule has 2 rings (SSSR count). The van der Waals surface area contributed by atoms with E-state index >= 15 is 0 Å². The minimum Gasteiger partial charge on any atom is -0.334 e. The van der Waals surface area contributed by atoms with Crippen molar-refractivity contribution in [1.29, 1.82) is 0 Å². The SMILES string of the molecule is CC(CC(=O)Nc1ccc(Cl)cc1Cl)=NNC(=O)C(=O)N1CCCC1. The van der Waals surface area contributed by atoms with Crippen molar-refractivity contribution in [2.24, 2.45) is 5.10 Å². The number of rotatable bonds is 4. The van der Waals surface area contributed by atoms with Crippen LogP contribution in [0.2, 0.25) is 10.0 Å². The second-order valence-electron chi connectivity index (χ2n) is 5.64. The molecule has 1 aromatic rings. The van der Waals surface area contributed by atoms with Crippen molar-refractivity contribution in [3.8, 4) is 0 Å². The molecule has 134 valence electrons. The van der Waals surface area contributed by atoms with Crippen molar-refractivity contribution in [3.63, 3.8) is 0 Å². The summed E-state index contributed by atoms with van der Waals surface area (Å²) in [6.07, 6.45) is 1.74. The first-order valence-corrected chi connectivity index (χ1v) is 8.49. The highest BCUT2D eigenvalue weighted by Crippen LogP contribution is 2.25. The van der Waals surface area contributed by atoms with Gasteiger partial charge in [0.25, 0.3) is 0 Å². The summed E-state index contributed by atoms with van der Waals surface area (Å²) in [6, 6.07) is 4.71. The van der Waals surface area contributed by atoms with Crippen LogP contribution in [0.5, 0.6) is 0 Å². The lowest BCUT2D eigenvalue weighted by atomic mass is 10.2. The summed E-state index contributed by atoms with van der Waals surface area (Å²) < 4.78 is 0. The van der Waals surface area contributed by atoms with Gasteiger partial charge in [0.15, 0.2) is 0 Å². The Morgan fingerprint density at radius 1 is 1.20 bits per heavy atom. The van der Waals surface area contributed by atoms with Crippen molar-refractivity contribution in [2.75, 3.05) is 18.4 Å². The Bertz CT molecular complexity index is 715. The molecule has 9 heteroatoms. The molecule has 0 atom stereocenters. The van der Waals surface area contributed by atoms with Gasteiger partial charge in [-0.2, -0.15) is 5.10 Å². The zero-order valence-electron chi connectivity index (χ0n) is 13.6. The standard InChI is InChI=1S/C16H18Cl2N4O3/c1-10(20-21-15(24)16(25)22-6-2-3-7-22)8-14(23)19-13-5-4-11(17)9-12(13)18/h4-5,9H,2-3,6-8H2,1H3,(H,19,23)(H,21,24). The maximum Gasteiger partial charge on any atom is 0.329 e. The first kappa shape index (κ1) is 19.2. The van der Waals surface area contributed by atoms with E-state index in [0.717, 1.165) is 12.8 Å². The Labute approximate surface area is 155 Å². The third-order valence-corrected chi connectivity index (χ3v) is 4.11. The van der Waals surface area contributed by atoms with E-state index in [4.69, 9.17) is 23.2 Å². The molecule has 25 heavy (non-hydrogen) atoms. The molecule has 0 bridgehead atoms. The van der Waals surface area contributed by atoms with E-state index in [-0.39, 0.29) is 12.3 Å². The van der Waals surface area contributed by atoms with Crippen molar-refractivity contribution >= 4 is 52.3 Å². The third-order valence-electron chi connectivity index (χ3n) is 3.56. The van der Waals surface area contributed by atoms with Gasteiger partial charge < -0.3 is 10.2 Å². The zero-order valence-corrected chi connectivity index (χ0v) is 15.2. The molecule has 1 fully saturated rings. The minimum absolute atomic E-state index is 0.0584. The molecule has 0 aliphatic carbocycles. The quantitative estimate of drug-likeness (QED) is 0.474. The van der Waals surface area contributed by atoms with Gasteiger partial charge in [-0.3, -0.25) is 14.4 Å². The number of anilines is 1. The molecule has 1 aliphatic rings. The number of carbonyl (C=O) groups excluding carboxylic acids is 3. The average molecular weight is 385 g/mol. The van der Waals surface area contributed by atoms with E-state index in [1.807, 2.05) is 0 Å². The first-order valence-electron chi connectivity index (χ1n) is 7.74. The molecule has 1 aromatic carbocycles. The molecule has 3 amide bonds. The summed E-state index contributed by atoms with van der Waals surface area (Å²) in [4.78, 5) is 37.0. The lowest BCUT2D eigenvalue weighted by Gasteiger charge is -2.13. The van der Waals surface area contributed by atoms with E-state index < -0.39 is 11.8 Å². The summed E-state index contributed by atoms with van der Waals surface area (Å²) in [5.41, 5.74) is 2.96. The van der Waals surface area contributed by atoms with Gasteiger partial charge in [-0.05, 0) is 38.0 Å². The van der Waals surface area contributed by atoms with E-state index in [0.29, 0.717) is 34.5 Å². The van der Waals surface area contributed by atoms with Crippen LogP contribution in [0.3, 0.4) is 0 Å². The number of carbonyl (C=O) groups is 3. The molecular weight excluding hydrogens is 367 g/mol. The summed E-state index contributed by atoms with van der Waals surface area (Å²) >= 11 is 11.8. The second kappa shape index (κ2) is 8.82. The molecule has 0 spiro atoms. The average Bonchev–Trinajstić information content (AvgIpc) is 3.09. The highest BCUT2D eigenvalue weighted by atomic mass is 35.5. The van der Waals surface area contributed by atoms with Crippen molar-refractivity contribution < 1.29 is 14.4 Å². The Kier molecular flexibility index (Phi) is 6.78. The van der Waals surface area contributed by atoms with E-state index in [9.17, 15) is 14.4 Å². The normalized spacial score (nSPS) is 14.4. The highest BCUT2D eigenvalue weighted by Gasteiger charge is 2.24. The van der Waals surface area contributed by atoms with Crippen molar-refractivity contribution in [3.05, 3.63) is 28.2 Å². The number of amides is 3.